The molecule has 1 aliphatic heterocycles. The van der Waals surface area contributed by atoms with Crippen LogP contribution in [0.2, 0.25) is 0 Å². The Bertz CT molecular complexity index is 1240. The lowest BCUT2D eigenvalue weighted by Crippen LogP contribution is -2.18. The first kappa shape index (κ1) is 24.7. The van der Waals surface area contributed by atoms with Gasteiger partial charge in [0.1, 0.15) is 17.4 Å². The van der Waals surface area contributed by atoms with Crippen LogP contribution in [0.5, 0.6) is 11.5 Å². The largest absolute Gasteiger partial charge is 0.426 e. The SMILES string of the molecule is CC(C)(C)c1ccc(OC(=O)CCc2ccccc2)c(C2C(=O)Oc3ccc(C(C)(C)C)cc32)c1. The van der Waals surface area contributed by atoms with E-state index in [4.69, 9.17) is 9.47 Å². The van der Waals surface area contributed by atoms with Crippen LogP contribution < -0.4 is 9.47 Å². The molecule has 0 amide bonds. The number of hydrogen-bond donors (Lipinski definition) is 0. The van der Waals surface area contributed by atoms with E-state index in [1.54, 1.807) is 0 Å². The normalized spacial score (nSPS) is 15.5. The van der Waals surface area contributed by atoms with Gasteiger partial charge in [-0.25, -0.2) is 0 Å². The second kappa shape index (κ2) is 9.33. The zero-order valence-corrected chi connectivity index (χ0v) is 21.5. The Hall–Kier alpha value is -3.40. The second-order valence-electron chi connectivity index (χ2n) is 11.3. The van der Waals surface area contributed by atoms with Crippen LogP contribution >= 0.6 is 0 Å². The van der Waals surface area contributed by atoms with E-state index in [1.165, 1.54) is 0 Å². The Morgan fingerprint density at radius 3 is 2.06 bits per heavy atom. The molecule has 0 aliphatic carbocycles. The predicted molar refractivity (Wildman–Crippen MR) is 138 cm³/mol. The lowest BCUT2D eigenvalue weighted by Gasteiger charge is -2.23. The molecule has 1 aliphatic rings. The van der Waals surface area contributed by atoms with E-state index in [1.807, 2.05) is 60.7 Å². The summed E-state index contributed by atoms with van der Waals surface area (Å²) in [6.45, 7) is 12.8. The molecule has 4 nitrogen and oxygen atoms in total. The summed E-state index contributed by atoms with van der Waals surface area (Å²) in [5, 5.41) is 0. The minimum absolute atomic E-state index is 0.0782. The van der Waals surface area contributed by atoms with Crippen molar-refractivity contribution < 1.29 is 19.1 Å². The molecule has 0 bridgehead atoms. The van der Waals surface area contributed by atoms with Gasteiger partial charge in [0.05, 0.1) is 0 Å². The van der Waals surface area contributed by atoms with E-state index >= 15 is 0 Å². The molecule has 4 heteroatoms. The maximum Gasteiger partial charge on any atom is 0.323 e. The summed E-state index contributed by atoms with van der Waals surface area (Å²) in [5.41, 5.74) is 4.53. The van der Waals surface area contributed by atoms with E-state index < -0.39 is 5.92 Å². The Morgan fingerprint density at radius 1 is 0.829 bits per heavy atom. The van der Waals surface area contributed by atoms with Gasteiger partial charge in [-0.05, 0) is 46.1 Å². The van der Waals surface area contributed by atoms with Gasteiger partial charge in [-0.3, -0.25) is 9.59 Å². The van der Waals surface area contributed by atoms with Gasteiger partial charge in [0.25, 0.3) is 0 Å². The number of hydrogen-bond acceptors (Lipinski definition) is 4. The number of carbonyl (C=O) groups excluding carboxylic acids is 2. The molecule has 0 saturated carbocycles. The minimum atomic E-state index is -0.647. The Labute approximate surface area is 208 Å². The minimum Gasteiger partial charge on any atom is -0.426 e. The maximum atomic E-state index is 13.1. The summed E-state index contributed by atoms with van der Waals surface area (Å²) in [7, 11) is 0. The molecule has 0 saturated heterocycles. The quantitative estimate of drug-likeness (QED) is 0.302. The molecular formula is C31H34O4. The molecule has 3 aromatic carbocycles. The molecule has 0 fully saturated rings. The van der Waals surface area contributed by atoms with Crippen LogP contribution in [-0.2, 0) is 26.8 Å². The maximum absolute atomic E-state index is 13.1. The van der Waals surface area contributed by atoms with E-state index in [9.17, 15) is 9.59 Å². The van der Waals surface area contributed by atoms with Crippen molar-refractivity contribution in [3.63, 3.8) is 0 Å². The first-order valence-corrected chi connectivity index (χ1v) is 12.2. The summed E-state index contributed by atoms with van der Waals surface area (Å²) in [6.07, 6.45) is 0.850. The molecule has 35 heavy (non-hydrogen) atoms. The van der Waals surface area contributed by atoms with Gasteiger partial charge in [-0.2, -0.15) is 0 Å². The highest BCUT2D eigenvalue weighted by molar-refractivity contribution is 5.91. The van der Waals surface area contributed by atoms with E-state index in [0.29, 0.717) is 23.5 Å². The third-order valence-electron chi connectivity index (χ3n) is 6.50. The van der Waals surface area contributed by atoms with Crippen molar-refractivity contribution in [3.05, 3.63) is 94.5 Å². The first-order chi connectivity index (χ1) is 16.4. The number of ether oxygens (including phenoxy) is 2. The predicted octanol–water partition coefficient (Wildman–Crippen LogP) is 6.87. The van der Waals surface area contributed by atoms with Gasteiger partial charge in [0.15, 0.2) is 0 Å². The van der Waals surface area contributed by atoms with Gasteiger partial charge in [0.2, 0.25) is 0 Å². The molecule has 1 unspecified atom stereocenters. The summed E-state index contributed by atoms with van der Waals surface area (Å²) in [6, 6.07) is 21.6. The van der Waals surface area contributed by atoms with Crippen molar-refractivity contribution in [3.8, 4) is 11.5 Å². The number of rotatable bonds is 5. The molecule has 3 aromatic rings. The number of carbonyl (C=O) groups is 2. The van der Waals surface area contributed by atoms with Gasteiger partial charge in [0, 0.05) is 17.5 Å². The Kier molecular flexibility index (Phi) is 6.59. The molecule has 4 rings (SSSR count). The third-order valence-corrected chi connectivity index (χ3v) is 6.50. The molecule has 0 radical (unpaired) electrons. The first-order valence-electron chi connectivity index (χ1n) is 12.2. The Balaban J connectivity index is 1.71. The molecule has 182 valence electrons. The zero-order valence-electron chi connectivity index (χ0n) is 21.5. The van der Waals surface area contributed by atoms with Crippen LogP contribution in [0.4, 0.5) is 0 Å². The highest BCUT2D eigenvalue weighted by Gasteiger charge is 2.38. The van der Waals surface area contributed by atoms with Crippen LogP contribution in [0.25, 0.3) is 0 Å². The van der Waals surface area contributed by atoms with Gasteiger partial charge in [-0.1, -0.05) is 96.1 Å². The second-order valence-corrected chi connectivity index (χ2v) is 11.3. The lowest BCUT2D eigenvalue weighted by molar-refractivity contribution is -0.135. The fourth-order valence-electron chi connectivity index (χ4n) is 4.32. The molecule has 1 atom stereocenters. The molecule has 0 spiro atoms. The van der Waals surface area contributed by atoms with Crippen molar-refractivity contribution in [2.75, 3.05) is 0 Å². The van der Waals surface area contributed by atoms with Crippen molar-refractivity contribution in [2.24, 2.45) is 0 Å². The van der Waals surface area contributed by atoms with Crippen molar-refractivity contribution >= 4 is 11.9 Å². The van der Waals surface area contributed by atoms with E-state index in [2.05, 4.69) is 47.6 Å². The molecule has 0 aromatic heterocycles. The van der Waals surface area contributed by atoms with Crippen LogP contribution in [-0.4, -0.2) is 11.9 Å². The number of aryl methyl sites for hydroxylation is 1. The number of fused-ring (bicyclic) bond motifs is 1. The molecule has 0 N–H and O–H groups in total. The third kappa shape index (κ3) is 5.48. The van der Waals surface area contributed by atoms with Gasteiger partial charge >= 0.3 is 11.9 Å². The van der Waals surface area contributed by atoms with Crippen LogP contribution in [0.1, 0.15) is 81.7 Å². The van der Waals surface area contributed by atoms with Gasteiger partial charge in [-0.15, -0.1) is 0 Å². The lowest BCUT2D eigenvalue weighted by atomic mass is 9.81. The van der Waals surface area contributed by atoms with Gasteiger partial charge < -0.3 is 9.47 Å². The van der Waals surface area contributed by atoms with E-state index in [-0.39, 0.29) is 29.2 Å². The standard InChI is InChI=1S/C31H34O4/c1-30(2,3)21-13-15-25(34-27(32)17-12-20-10-8-7-9-11-20)23(18-21)28-24-19-22(31(4,5)6)14-16-26(24)35-29(28)33/h7-11,13-16,18-19,28H,12,17H2,1-6H3. The highest BCUT2D eigenvalue weighted by atomic mass is 16.5. The summed E-state index contributed by atoms with van der Waals surface area (Å²) in [4.78, 5) is 25.9. The van der Waals surface area contributed by atoms with Crippen molar-refractivity contribution in [1.29, 1.82) is 0 Å². The topological polar surface area (TPSA) is 52.6 Å². The summed E-state index contributed by atoms with van der Waals surface area (Å²) >= 11 is 0. The monoisotopic (exact) mass is 470 g/mol. The van der Waals surface area contributed by atoms with Crippen LogP contribution in [0.15, 0.2) is 66.7 Å². The fourth-order valence-corrected chi connectivity index (χ4v) is 4.32. The summed E-state index contributed by atoms with van der Waals surface area (Å²) in [5.74, 6) is -0.346. The zero-order chi connectivity index (χ0) is 25.4. The highest BCUT2D eigenvalue weighted by Crippen LogP contribution is 2.45. The Morgan fingerprint density at radius 2 is 1.43 bits per heavy atom. The van der Waals surface area contributed by atoms with Crippen LogP contribution in [0.3, 0.4) is 0 Å². The fraction of sp³-hybridized carbons (Fsp3) is 0.355. The number of benzene rings is 3. The smallest absolute Gasteiger partial charge is 0.323 e. The summed E-state index contributed by atoms with van der Waals surface area (Å²) < 4.78 is 11.5. The molecule has 1 heterocycles. The molecular weight excluding hydrogens is 436 g/mol. The van der Waals surface area contributed by atoms with Crippen molar-refractivity contribution in [2.45, 2.75) is 71.1 Å². The van der Waals surface area contributed by atoms with Crippen molar-refractivity contribution in [1.82, 2.24) is 0 Å². The average molecular weight is 471 g/mol. The van der Waals surface area contributed by atoms with Crippen LogP contribution in [0, 0.1) is 0 Å². The van der Waals surface area contributed by atoms with E-state index in [0.717, 1.165) is 22.3 Å². The average Bonchev–Trinajstić information content (AvgIpc) is 3.12. The number of esters is 2.